The van der Waals surface area contributed by atoms with E-state index in [2.05, 4.69) is 4.98 Å². The number of aromatic nitrogens is 2. The van der Waals surface area contributed by atoms with Gasteiger partial charge in [-0.05, 0) is 24.6 Å². The Balaban J connectivity index is 2.85. The quantitative estimate of drug-likeness (QED) is 0.822. The average Bonchev–Trinajstić information content (AvgIpc) is 2.55. The normalized spacial score (nSPS) is 12.0. The number of aryl methyl sites for hydroxylation is 1. The molecule has 0 aliphatic rings. The van der Waals surface area contributed by atoms with E-state index in [1.165, 1.54) is 0 Å². The zero-order valence-electron chi connectivity index (χ0n) is 10.5. The molecule has 0 amide bonds. The van der Waals surface area contributed by atoms with E-state index in [0.717, 1.165) is 11.4 Å². The molecular formula is C13H16N2O2. The summed E-state index contributed by atoms with van der Waals surface area (Å²) < 4.78 is 1.86. The van der Waals surface area contributed by atoms with Gasteiger partial charge in [-0.1, -0.05) is 20.8 Å². The van der Waals surface area contributed by atoms with Gasteiger partial charge in [0.25, 0.3) is 0 Å². The molecule has 2 rings (SSSR count). The van der Waals surface area contributed by atoms with Crippen LogP contribution in [0.3, 0.4) is 0 Å². The number of pyridine rings is 1. The van der Waals surface area contributed by atoms with Crippen molar-refractivity contribution < 1.29 is 9.90 Å². The number of hydrogen-bond acceptors (Lipinski definition) is 2. The molecule has 2 aromatic rings. The lowest BCUT2D eigenvalue weighted by Crippen LogP contribution is -2.16. The molecule has 90 valence electrons. The predicted molar refractivity (Wildman–Crippen MR) is 65.6 cm³/mol. The van der Waals surface area contributed by atoms with Crippen LogP contribution >= 0.6 is 0 Å². The Morgan fingerprint density at radius 3 is 2.59 bits per heavy atom. The fourth-order valence-corrected chi connectivity index (χ4v) is 1.88. The predicted octanol–water partition coefficient (Wildman–Crippen LogP) is 2.64. The monoisotopic (exact) mass is 232 g/mol. The Kier molecular flexibility index (Phi) is 2.45. The Bertz CT molecular complexity index is 591. The largest absolute Gasteiger partial charge is 0.476 e. The van der Waals surface area contributed by atoms with Crippen LogP contribution in [-0.4, -0.2) is 20.5 Å². The van der Waals surface area contributed by atoms with Crippen molar-refractivity contribution in [3.63, 3.8) is 0 Å². The number of carboxylic acids is 1. The van der Waals surface area contributed by atoms with Crippen molar-refractivity contribution in [1.82, 2.24) is 9.38 Å². The molecule has 4 nitrogen and oxygen atoms in total. The third-order valence-corrected chi connectivity index (χ3v) is 2.67. The van der Waals surface area contributed by atoms with E-state index < -0.39 is 5.97 Å². The first kappa shape index (κ1) is 11.6. The summed E-state index contributed by atoms with van der Waals surface area (Å²) in [5, 5.41) is 9.18. The first-order valence-electron chi connectivity index (χ1n) is 5.53. The highest BCUT2D eigenvalue weighted by molar-refractivity contribution is 5.93. The average molecular weight is 232 g/mol. The molecule has 0 spiro atoms. The molecule has 4 heteroatoms. The van der Waals surface area contributed by atoms with E-state index in [9.17, 15) is 9.90 Å². The fraction of sp³-hybridized carbons (Fsp3) is 0.385. The molecule has 0 saturated carbocycles. The minimum atomic E-state index is -0.983. The summed E-state index contributed by atoms with van der Waals surface area (Å²) in [4.78, 5) is 15.5. The second-order valence-electron chi connectivity index (χ2n) is 5.30. The standard InChI is InChI=1S/C13H16N2O2/c1-8-5-6-15-9(7-8)10(11(16)17)14-12(15)13(2,3)4/h5-7H,1-4H3,(H,16,17). The molecule has 1 N–H and O–H groups in total. The summed E-state index contributed by atoms with van der Waals surface area (Å²) in [7, 11) is 0. The van der Waals surface area contributed by atoms with Gasteiger partial charge in [0, 0.05) is 11.6 Å². The van der Waals surface area contributed by atoms with Gasteiger partial charge in [-0.3, -0.25) is 0 Å². The molecule has 0 aliphatic carbocycles. The van der Waals surface area contributed by atoms with Gasteiger partial charge in [0.1, 0.15) is 5.82 Å². The van der Waals surface area contributed by atoms with Crippen molar-refractivity contribution in [2.24, 2.45) is 0 Å². The third kappa shape index (κ3) is 1.90. The van der Waals surface area contributed by atoms with E-state index in [4.69, 9.17) is 0 Å². The molecule has 0 radical (unpaired) electrons. The van der Waals surface area contributed by atoms with E-state index >= 15 is 0 Å². The number of rotatable bonds is 1. The van der Waals surface area contributed by atoms with Crippen LogP contribution in [0.25, 0.3) is 5.52 Å². The van der Waals surface area contributed by atoms with Gasteiger partial charge in [0.05, 0.1) is 5.52 Å². The number of carboxylic acid groups (broad SMARTS) is 1. The Morgan fingerprint density at radius 2 is 2.06 bits per heavy atom. The van der Waals surface area contributed by atoms with Gasteiger partial charge in [-0.2, -0.15) is 0 Å². The van der Waals surface area contributed by atoms with E-state index in [1.54, 1.807) is 0 Å². The Labute approximate surface area is 99.9 Å². The highest BCUT2D eigenvalue weighted by Crippen LogP contribution is 2.25. The number of imidazole rings is 1. The van der Waals surface area contributed by atoms with Gasteiger partial charge < -0.3 is 9.51 Å². The molecule has 17 heavy (non-hydrogen) atoms. The van der Waals surface area contributed by atoms with Crippen LogP contribution in [0, 0.1) is 6.92 Å². The highest BCUT2D eigenvalue weighted by atomic mass is 16.4. The minimum Gasteiger partial charge on any atom is -0.476 e. The number of fused-ring (bicyclic) bond motifs is 1. The second-order valence-corrected chi connectivity index (χ2v) is 5.30. The van der Waals surface area contributed by atoms with Gasteiger partial charge >= 0.3 is 5.97 Å². The molecule has 0 aromatic carbocycles. The summed E-state index contributed by atoms with van der Waals surface area (Å²) in [5.74, 6) is -0.214. The smallest absolute Gasteiger partial charge is 0.356 e. The molecule has 2 aromatic heterocycles. The number of carbonyl (C=O) groups is 1. The van der Waals surface area contributed by atoms with Crippen molar-refractivity contribution in [3.05, 3.63) is 35.4 Å². The highest BCUT2D eigenvalue weighted by Gasteiger charge is 2.24. The van der Waals surface area contributed by atoms with E-state index in [-0.39, 0.29) is 11.1 Å². The lowest BCUT2D eigenvalue weighted by molar-refractivity contribution is 0.0693. The molecule has 2 heterocycles. The SMILES string of the molecule is Cc1ccn2c(C(C)(C)C)nc(C(=O)O)c2c1. The zero-order valence-corrected chi connectivity index (χ0v) is 10.5. The van der Waals surface area contributed by atoms with Crippen molar-refractivity contribution in [2.75, 3.05) is 0 Å². The van der Waals surface area contributed by atoms with Crippen LogP contribution in [0.4, 0.5) is 0 Å². The van der Waals surface area contributed by atoms with Crippen molar-refractivity contribution in [2.45, 2.75) is 33.1 Å². The fourth-order valence-electron chi connectivity index (χ4n) is 1.88. The van der Waals surface area contributed by atoms with E-state index in [1.807, 2.05) is 50.4 Å². The number of nitrogens with zero attached hydrogens (tertiary/aromatic N) is 2. The summed E-state index contributed by atoms with van der Waals surface area (Å²) in [6.45, 7) is 8.00. The zero-order chi connectivity index (χ0) is 12.8. The summed E-state index contributed by atoms with van der Waals surface area (Å²) in [5.41, 5.74) is 1.62. The molecule has 0 fully saturated rings. The third-order valence-electron chi connectivity index (χ3n) is 2.67. The minimum absolute atomic E-state index is 0.124. The van der Waals surface area contributed by atoms with E-state index in [0.29, 0.717) is 5.52 Å². The Morgan fingerprint density at radius 1 is 1.41 bits per heavy atom. The van der Waals surface area contributed by atoms with Gasteiger partial charge in [-0.25, -0.2) is 9.78 Å². The summed E-state index contributed by atoms with van der Waals surface area (Å²) in [6, 6.07) is 3.81. The maximum absolute atomic E-state index is 11.2. The van der Waals surface area contributed by atoms with Gasteiger partial charge in [0.15, 0.2) is 5.69 Å². The first-order chi connectivity index (χ1) is 7.80. The number of aromatic carboxylic acids is 1. The van der Waals surface area contributed by atoms with Crippen LogP contribution in [0.2, 0.25) is 0 Å². The molecule has 0 aliphatic heterocycles. The lowest BCUT2D eigenvalue weighted by atomic mass is 9.96. The van der Waals surface area contributed by atoms with Crippen LogP contribution in [0.15, 0.2) is 18.3 Å². The topological polar surface area (TPSA) is 54.6 Å². The second kappa shape index (κ2) is 3.58. The number of hydrogen-bond donors (Lipinski definition) is 1. The molecular weight excluding hydrogens is 216 g/mol. The van der Waals surface area contributed by atoms with Gasteiger partial charge in [0.2, 0.25) is 0 Å². The Hall–Kier alpha value is -1.84. The molecule has 0 unspecified atom stereocenters. The summed E-state index contributed by atoms with van der Waals surface area (Å²) >= 11 is 0. The van der Waals surface area contributed by atoms with Crippen LogP contribution in [0.5, 0.6) is 0 Å². The van der Waals surface area contributed by atoms with Crippen molar-refractivity contribution in [3.8, 4) is 0 Å². The molecule has 0 saturated heterocycles. The molecule has 0 atom stereocenters. The molecule has 0 bridgehead atoms. The van der Waals surface area contributed by atoms with Gasteiger partial charge in [-0.15, -0.1) is 0 Å². The van der Waals surface area contributed by atoms with Crippen LogP contribution < -0.4 is 0 Å². The first-order valence-corrected chi connectivity index (χ1v) is 5.53. The maximum atomic E-state index is 11.2. The lowest BCUT2D eigenvalue weighted by Gasteiger charge is -2.16. The van der Waals surface area contributed by atoms with Crippen molar-refractivity contribution in [1.29, 1.82) is 0 Å². The maximum Gasteiger partial charge on any atom is 0.356 e. The van der Waals surface area contributed by atoms with Crippen LogP contribution in [0.1, 0.15) is 42.6 Å². The van der Waals surface area contributed by atoms with Crippen LogP contribution in [-0.2, 0) is 5.41 Å². The van der Waals surface area contributed by atoms with Crippen molar-refractivity contribution >= 4 is 11.5 Å². The summed E-state index contributed by atoms with van der Waals surface area (Å²) in [6.07, 6.45) is 1.88.